The molecule has 31 heavy (non-hydrogen) atoms. The summed E-state index contributed by atoms with van der Waals surface area (Å²) in [5, 5.41) is 16.4. The number of para-hydroxylation sites is 1. The zero-order chi connectivity index (χ0) is 22.7. The molecule has 2 aromatic carbocycles. The number of ketones is 2. The summed E-state index contributed by atoms with van der Waals surface area (Å²) in [6.07, 6.45) is 0. The van der Waals surface area contributed by atoms with E-state index in [1.54, 1.807) is 43.3 Å². The molecule has 10 nitrogen and oxygen atoms in total. The van der Waals surface area contributed by atoms with Crippen LogP contribution in [0.3, 0.4) is 0 Å². The monoisotopic (exact) mass is 424 g/mol. The van der Waals surface area contributed by atoms with Crippen LogP contribution in [0.1, 0.15) is 28.4 Å². The first kappa shape index (κ1) is 21.6. The maximum absolute atomic E-state index is 12.4. The van der Waals surface area contributed by atoms with Crippen LogP contribution >= 0.6 is 0 Å². The molecule has 1 heterocycles. The van der Waals surface area contributed by atoms with E-state index in [2.05, 4.69) is 10.4 Å². The van der Waals surface area contributed by atoms with E-state index in [-0.39, 0.29) is 12.2 Å². The Labute approximate surface area is 176 Å². The lowest BCUT2D eigenvalue weighted by Crippen LogP contribution is -2.27. The van der Waals surface area contributed by atoms with Crippen LogP contribution in [0.5, 0.6) is 5.75 Å². The average molecular weight is 424 g/mol. The molecule has 3 aromatic rings. The molecule has 1 atom stereocenters. The summed E-state index contributed by atoms with van der Waals surface area (Å²) >= 11 is 0. The topological polar surface area (TPSA) is 133 Å². The number of hydrogen-bond donors (Lipinski definition) is 1. The second-order valence-corrected chi connectivity index (χ2v) is 6.95. The van der Waals surface area contributed by atoms with Crippen molar-refractivity contribution in [3.63, 3.8) is 0 Å². The van der Waals surface area contributed by atoms with E-state index in [0.717, 1.165) is 4.68 Å². The Morgan fingerprint density at radius 2 is 1.84 bits per heavy atom. The second-order valence-electron chi connectivity index (χ2n) is 6.95. The van der Waals surface area contributed by atoms with Crippen molar-refractivity contribution >= 4 is 17.5 Å². The third-order valence-electron chi connectivity index (χ3n) is 4.78. The molecule has 0 fully saturated rings. The van der Waals surface area contributed by atoms with Crippen LogP contribution in [0.15, 0.2) is 47.3 Å². The van der Waals surface area contributed by atoms with Crippen molar-refractivity contribution in [3.8, 4) is 11.4 Å². The minimum Gasteiger partial charge on any atom is -0.489 e. The third kappa shape index (κ3) is 4.42. The van der Waals surface area contributed by atoms with Crippen molar-refractivity contribution in [2.24, 2.45) is 13.0 Å². The van der Waals surface area contributed by atoms with E-state index in [9.17, 15) is 19.2 Å². The van der Waals surface area contributed by atoms with Crippen molar-refractivity contribution in [3.05, 3.63) is 69.6 Å². The van der Waals surface area contributed by atoms with Crippen molar-refractivity contribution in [2.75, 3.05) is 0 Å². The van der Waals surface area contributed by atoms with Gasteiger partial charge in [-0.3, -0.25) is 9.59 Å². The number of carboxylic acids is 1. The number of Topliss-reactive ketones (excluding diaryl/α,β-unsaturated/α-hetero) is 2. The van der Waals surface area contributed by atoms with Crippen LogP contribution in [0, 0.1) is 12.8 Å². The fourth-order valence-electron chi connectivity index (χ4n) is 2.98. The molecule has 0 aliphatic carbocycles. The molecule has 0 saturated carbocycles. The van der Waals surface area contributed by atoms with E-state index in [0.29, 0.717) is 22.6 Å². The number of nitrogens with zero attached hydrogens (tertiary/aromatic N) is 4. The highest BCUT2D eigenvalue weighted by molar-refractivity contribution is 6.38. The van der Waals surface area contributed by atoms with Gasteiger partial charge in [-0.05, 0) is 54.1 Å². The van der Waals surface area contributed by atoms with Gasteiger partial charge >= 0.3 is 11.7 Å². The lowest BCUT2D eigenvalue weighted by Gasteiger charge is -2.13. The highest BCUT2D eigenvalue weighted by atomic mass is 16.5. The number of rotatable bonds is 8. The van der Waals surface area contributed by atoms with Gasteiger partial charge in [-0.15, -0.1) is 0 Å². The lowest BCUT2D eigenvalue weighted by molar-refractivity contribution is -0.150. The quantitative estimate of drug-likeness (QED) is 0.325. The first-order chi connectivity index (χ1) is 14.7. The maximum Gasteiger partial charge on any atom is 0.372 e. The molecule has 3 rings (SSSR count). The van der Waals surface area contributed by atoms with Crippen LogP contribution in [-0.2, 0) is 23.2 Å². The second kappa shape index (κ2) is 8.74. The summed E-state index contributed by atoms with van der Waals surface area (Å²) in [7, 11) is 1.50. The molecule has 0 radical (unpaired) electrons. The number of aliphatic carboxylic acids is 1. The Balaban J connectivity index is 1.79. The van der Waals surface area contributed by atoms with Crippen molar-refractivity contribution in [1.29, 1.82) is 0 Å². The predicted molar refractivity (Wildman–Crippen MR) is 108 cm³/mol. The average Bonchev–Trinajstić information content (AvgIpc) is 3.09. The van der Waals surface area contributed by atoms with Gasteiger partial charge in [0.2, 0.25) is 5.78 Å². The van der Waals surface area contributed by atoms with E-state index in [4.69, 9.17) is 9.84 Å². The molecule has 0 spiro atoms. The molecule has 1 aromatic heterocycles. The zero-order valence-electron chi connectivity index (χ0n) is 17.1. The molecular formula is C21H20N4O6. The van der Waals surface area contributed by atoms with Gasteiger partial charge in [0.15, 0.2) is 5.78 Å². The highest BCUT2D eigenvalue weighted by Gasteiger charge is 2.28. The number of benzene rings is 2. The van der Waals surface area contributed by atoms with E-state index >= 15 is 0 Å². The Kier molecular flexibility index (Phi) is 6.10. The third-order valence-corrected chi connectivity index (χ3v) is 4.78. The molecule has 0 saturated heterocycles. The number of carboxylic acid groups (broad SMARTS) is 1. The van der Waals surface area contributed by atoms with E-state index < -0.39 is 29.1 Å². The molecule has 1 unspecified atom stereocenters. The van der Waals surface area contributed by atoms with Gasteiger partial charge < -0.3 is 9.84 Å². The summed E-state index contributed by atoms with van der Waals surface area (Å²) in [6.45, 7) is 3.12. The zero-order valence-corrected chi connectivity index (χ0v) is 17.1. The fourth-order valence-corrected chi connectivity index (χ4v) is 2.98. The Morgan fingerprint density at radius 3 is 2.45 bits per heavy atom. The summed E-state index contributed by atoms with van der Waals surface area (Å²) in [6, 6.07) is 11.7. The minimum absolute atomic E-state index is 0.126. The fraction of sp³-hybridized carbons (Fsp3) is 0.238. The van der Waals surface area contributed by atoms with Crippen molar-refractivity contribution in [1.82, 2.24) is 19.8 Å². The predicted octanol–water partition coefficient (Wildman–Crippen LogP) is 1.33. The Hall–Kier alpha value is -4.08. The molecule has 1 N–H and O–H groups in total. The molecule has 10 heteroatoms. The van der Waals surface area contributed by atoms with Crippen molar-refractivity contribution < 1.29 is 24.2 Å². The first-order valence-corrected chi connectivity index (χ1v) is 9.32. The number of aromatic nitrogens is 4. The first-order valence-electron chi connectivity index (χ1n) is 9.32. The largest absolute Gasteiger partial charge is 0.489 e. The SMILES string of the molecule is Cc1cc(C(=O)C(C)C(=O)C(=O)O)ccc1OCc1ccccc1-n1nnn(C)c1=O. The Bertz CT molecular complexity index is 1230. The molecule has 0 bridgehead atoms. The van der Waals surface area contributed by atoms with Crippen LogP contribution < -0.4 is 10.4 Å². The molecule has 0 aliphatic heterocycles. The molecular weight excluding hydrogens is 404 g/mol. The van der Waals surface area contributed by atoms with Crippen LogP contribution in [0.2, 0.25) is 0 Å². The van der Waals surface area contributed by atoms with E-state index in [1.165, 1.54) is 24.7 Å². The van der Waals surface area contributed by atoms with Crippen LogP contribution in [-0.4, -0.2) is 42.4 Å². The van der Waals surface area contributed by atoms with Crippen molar-refractivity contribution in [2.45, 2.75) is 20.5 Å². The van der Waals surface area contributed by atoms with Crippen LogP contribution in [0.4, 0.5) is 0 Å². The number of carbonyl (C=O) groups excluding carboxylic acids is 2. The van der Waals surface area contributed by atoms with Gasteiger partial charge in [-0.25, -0.2) is 9.59 Å². The molecule has 160 valence electrons. The number of carbonyl (C=O) groups is 3. The summed E-state index contributed by atoms with van der Waals surface area (Å²) in [5.41, 5.74) is 1.70. The lowest BCUT2D eigenvalue weighted by atomic mass is 9.94. The van der Waals surface area contributed by atoms with Gasteiger partial charge in [-0.1, -0.05) is 18.2 Å². The Morgan fingerprint density at radius 1 is 1.13 bits per heavy atom. The summed E-state index contributed by atoms with van der Waals surface area (Å²) in [5.74, 6) is -4.15. The standard InChI is InChI=1S/C21H20N4O6/c1-12-10-14(18(26)13(2)19(27)20(28)29)8-9-17(12)31-11-15-6-4-5-7-16(15)25-21(30)24(3)22-23-25/h4-10,13H,11H2,1-3H3,(H,28,29). The van der Waals surface area contributed by atoms with Gasteiger partial charge in [0.05, 0.1) is 11.6 Å². The number of aryl methyl sites for hydroxylation is 2. The van der Waals surface area contributed by atoms with E-state index in [1.807, 2.05) is 0 Å². The van der Waals surface area contributed by atoms with Gasteiger partial charge in [0.1, 0.15) is 12.4 Å². The number of hydrogen-bond acceptors (Lipinski definition) is 7. The highest BCUT2D eigenvalue weighted by Crippen LogP contribution is 2.23. The normalized spacial score (nSPS) is 11.7. The number of ether oxygens (including phenoxy) is 1. The minimum atomic E-state index is -1.64. The summed E-state index contributed by atoms with van der Waals surface area (Å²) < 4.78 is 8.16. The van der Waals surface area contributed by atoms with Gasteiger partial charge in [0.25, 0.3) is 0 Å². The van der Waals surface area contributed by atoms with Gasteiger partial charge in [-0.2, -0.15) is 9.36 Å². The number of tetrazole rings is 1. The van der Waals surface area contributed by atoms with Crippen LogP contribution in [0.25, 0.3) is 5.69 Å². The summed E-state index contributed by atoms with van der Waals surface area (Å²) in [4.78, 5) is 46.9. The smallest absolute Gasteiger partial charge is 0.372 e. The molecule has 0 amide bonds. The maximum atomic E-state index is 12.4. The van der Waals surface area contributed by atoms with Gasteiger partial charge in [0, 0.05) is 18.2 Å². The molecule has 0 aliphatic rings.